The van der Waals surface area contributed by atoms with Gasteiger partial charge in [0, 0.05) is 13.1 Å². The molecule has 1 amide bonds. The molecule has 0 aliphatic carbocycles. The molecule has 3 heterocycles. The van der Waals surface area contributed by atoms with E-state index >= 15 is 0 Å². The summed E-state index contributed by atoms with van der Waals surface area (Å²) in [4.78, 5) is 25.2. The summed E-state index contributed by atoms with van der Waals surface area (Å²) >= 11 is 0. The van der Waals surface area contributed by atoms with Gasteiger partial charge >= 0.3 is 0 Å². The van der Waals surface area contributed by atoms with Gasteiger partial charge in [-0.2, -0.15) is 0 Å². The standard InChI is InChI=1S/C16H24N4O2/c1-19-8-5-16(6-9-19)4-3-7-20(12-16)15(21)14-17-10-13(22-2)11-18-14/h10-11H,3-9,12H2,1-2H3. The van der Waals surface area contributed by atoms with Gasteiger partial charge in [-0.05, 0) is 51.2 Å². The Bertz CT molecular complexity index is 523. The fourth-order valence-corrected chi connectivity index (χ4v) is 3.56. The topological polar surface area (TPSA) is 58.6 Å². The smallest absolute Gasteiger partial charge is 0.291 e. The molecule has 6 nitrogen and oxygen atoms in total. The molecule has 2 fully saturated rings. The van der Waals surface area contributed by atoms with Crippen molar-refractivity contribution in [3.63, 3.8) is 0 Å². The molecule has 1 aromatic heterocycles. The van der Waals surface area contributed by atoms with E-state index in [1.54, 1.807) is 19.5 Å². The van der Waals surface area contributed by atoms with Crippen LogP contribution in [0.25, 0.3) is 0 Å². The fourth-order valence-electron chi connectivity index (χ4n) is 3.56. The minimum absolute atomic E-state index is 0.0549. The van der Waals surface area contributed by atoms with Crippen molar-refractivity contribution in [2.45, 2.75) is 25.7 Å². The van der Waals surface area contributed by atoms with Crippen LogP contribution >= 0.6 is 0 Å². The highest BCUT2D eigenvalue weighted by Gasteiger charge is 2.39. The number of aromatic nitrogens is 2. The first-order chi connectivity index (χ1) is 10.6. The first kappa shape index (κ1) is 15.2. The van der Waals surface area contributed by atoms with Gasteiger partial charge in [-0.15, -0.1) is 0 Å². The fraction of sp³-hybridized carbons (Fsp3) is 0.688. The van der Waals surface area contributed by atoms with Crippen LogP contribution in [0.3, 0.4) is 0 Å². The summed E-state index contributed by atoms with van der Waals surface area (Å²) < 4.78 is 5.04. The molecular weight excluding hydrogens is 280 g/mol. The Labute approximate surface area is 131 Å². The Balaban J connectivity index is 1.69. The third-order valence-electron chi connectivity index (χ3n) is 5.05. The highest BCUT2D eigenvalue weighted by atomic mass is 16.5. The normalized spacial score (nSPS) is 21.8. The predicted molar refractivity (Wildman–Crippen MR) is 82.9 cm³/mol. The minimum Gasteiger partial charge on any atom is -0.494 e. The van der Waals surface area contributed by atoms with Crippen molar-refractivity contribution in [2.24, 2.45) is 5.41 Å². The molecule has 0 bridgehead atoms. The molecule has 0 atom stereocenters. The first-order valence-electron chi connectivity index (χ1n) is 7.96. The molecular formula is C16H24N4O2. The maximum atomic E-state index is 12.6. The van der Waals surface area contributed by atoms with Gasteiger partial charge in [-0.1, -0.05) is 0 Å². The summed E-state index contributed by atoms with van der Waals surface area (Å²) in [6.07, 6.45) is 7.76. The largest absolute Gasteiger partial charge is 0.494 e. The third kappa shape index (κ3) is 3.06. The molecule has 1 spiro atoms. The number of hydrogen-bond donors (Lipinski definition) is 0. The number of carbonyl (C=O) groups is 1. The number of likely N-dealkylation sites (tertiary alicyclic amines) is 2. The van der Waals surface area contributed by atoms with Gasteiger partial charge in [0.25, 0.3) is 5.91 Å². The Morgan fingerprint density at radius 3 is 2.50 bits per heavy atom. The molecule has 0 aromatic carbocycles. The second-order valence-corrected chi connectivity index (χ2v) is 6.58. The number of rotatable bonds is 2. The van der Waals surface area contributed by atoms with Crippen LogP contribution in [0.1, 0.15) is 36.3 Å². The predicted octanol–water partition coefficient (Wildman–Crippen LogP) is 1.43. The van der Waals surface area contributed by atoms with Crippen molar-refractivity contribution >= 4 is 5.91 Å². The van der Waals surface area contributed by atoms with E-state index in [-0.39, 0.29) is 11.7 Å². The third-order valence-corrected chi connectivity index (χ3v) is 5.05. The number of piperidine rings is 2. The van der Waals surface area contributed by atoms with Gasteiger partial charge in [0.15, 0.2) is 5.75 Å². The average Bonchev–Trinajstić information content (AvgIpc) is 2.57. The molecule has 0 unspecified atom stereocenters. The molecule has 1 aromatic rings. The van der Waals surface area contributed by atoms with Gasteiger partial charge < -0.3 is 14.5 Å². The molecule has 6 heteroatoms. The molecule has 0 radical (unpaired) electrons. The van der Waals surface area contributed by atoms with Crippen molar-refractivity contribution < 1.29 is 9.53 Å². The van der Waals surface area contributed by atoms with Crippen molar-refractivity contribution in [1.29, 1.82) is 0 Å². The van der Waals surface area contributed by atoms with E-state index < -0.39 is 0 Å². The van der Waals surface area contributed by atoms with E-state index in [1.165, 1.54) is 19.3 Å². The summed E-state index contributed by atoms with van der Waals surface area (Å²) in [6, 6.07) is 0. The van der Waals surface area contributed by atoms with E-state index in [9.17, 15) is 4.79 Å². The SMILES string of the molecule is COc1cnc(C(=O)N2CCCC3(CCN(C)CC3)C2)nc1. The monoisotopic (exact) mass is 304 g/mol. The van der Waals surface area contributed by atoms with Gasteiger partial charge in [-0.25, -0.2) is 9.97 Å². The second-order valence-electron chi connectivity index (χ2n) is 6.58. The summed E-state index contributed by atoms with van der Waals surface area (Å²) in [6.45, 7) is 3.91. The maximum Gasteiger partial charge on any atom is 0.291 e. The molecule has 3 rings (SSSR count). The van der Waals surface area contributed by atoms with Gasteiger partial charge in [0.05, 0.1) is 19.5 Å². The number of hydrogen-bond acceptors (Lipinski definition) is 5. The molecule has 0 saturated carbocycles. The minimum atomic E-state index is -0.0549. The lowest BCUT2D eigenvalue weighted by Gasteiger charge is -2.47. The highest BCUT2D eigenvalue weighted by Crippen LogP contribution is 2.39. The van der Waals surface area contributed by atoms with Crippen molar-refractivity contribution in [1.82, 2.24) is 19.8 Å². The number of methoxy groups -OCH3 is 1. The Kier molecular flexibility index (Phi) is 4.29. The number of ether oxygens (including phenoxy) is 1. The van der Waals surface area contributed by atoms with E-state index in [0.29, 0.717) is 11.2 Å². The van der Waals surface area contributed by atoms with E-state index in [4.69, 9.17) is 4.74 Å². The van der Waals surface area contributed by atoms with Crippen LogP contribution in [0, 0.1) is 5.41 Å². The van der Waals surface area contributed by atoms with E-state index in [0.717, 1.165) is 32.6 Å². The zero-order valence-corrected chi connectivity index (χ0v) is 13.4. The molecule has 0 N–H and O–H groups in total. The zero-order valence-electron chi connectivity index (χ0n) is 13.4. The van der Waals surface area contributed by atoms with E-state index in [2.05, 4.69) is 21.9 Å². The average molecular weight is 304 g/mol. The summed E-state index contributed by atoms with van der Waals surface area (Å²) in [5.41, 5.74) is 0.299. The first-order valence-corrected chi connectivity index (χ1v) is 7.96. The summed E-state index contributed by atoms with van der Waals surface area (Å²) in [5, 5.41) is 0. The van der Waals surface area contributed by atoms with Crippen molar-refractivity contribution in [3.8, 4) is 5.75 Å². The van der Waals surface area contributed by atoms with Crippen LogP contribution in [0.15, 0.2) is 12.4 Å². The van der Waals surface area contributed by atoms with Crippen LogP contribution < -0.4 is 4.74 Å². The molecule has 22 heavy (non-hydrogen) atoms. The zero-order chi connectivity index (χ0) is 15.6. The van der Waals surface area contributed by atoms with Gasteiger partial charge in [0.1, 0.15) is 0 Å². The van der Waals surface area contributed by atoms with Crippen LogP contribution in [0.4, 0.5) is 0 Å². The number of amides is 1. The van der Waals surface area contributed by atoms with Crippen LogP contribution in [-0.2, 0) is 0 Å². The van der Waals surface area contributed by atoms with Crippen LogP contribution in [-0.4, -0.2) is 66.0 Å². The molecule has 2 saturated heterocycles. The highest BCUT2D eigenvalue weighted by molar-refractivity contribution is 5.90. The quantitative estimate of drug-likeness (QED) is 0.827. The van der Waals surface area contributed by atoms with E-state index in [1.807, 2.05) is 4.90 Å². The van der Waals surface area contributed by atoms with Crippen molar-refractivity contribution in [3.05, 3.63) is 18.2 Å². The summed E-state index contributed by atoms with van der Waals surface area (Å²) in [7, 11) is 3.73. The molecule has 2 aliphatic heterocycles. The van der Waals surface area contributed by atoms with Crippen LogP contribution in [0.2, 0.25) is 0 Å². The number of carbonyl (C=O) groups excluding carboxylic acids is 1. The lowest BCUT2D eigenvalue weighted by atomic mass is 9.72. The molecule has 2 aliphatic rings. The second kappa shape index (κ2) is 6.20. The molecule has 120 valence electrons. The maximum absolute atomic E-state index is 12.6. The number of nitrogens with zero attached hydrogens (tertiary/aromatic N) is 4. The van der Waals surface area contributed by atoms with Gasteiger partial charge in [-0.3, -0.25) is 4.79 Å². The van der Waals surface area contributed by atoms with Gasteiger partial charge in [0.2, 0.25) is 5.82 Å². The summed E-state index contributed by atoms with van der Waals surface area (Å²) in [5.74, 6) is 0.786. The Morgan fingerprint density at radius 2 is 1.86 bits per heavy atom. The van der Waals surface area contributed by atoms with Crippen molar-refractivity contribution in [2.75, 3.05) is 40.3 Å². The Morgan fingerprint density at radius 1 is 1.18 bits per heavy atom. The Hall–Kier alpha value is -1.69. The lowest BCUT2D eigenvalue weighted by molar-refractivity contribution is 0.0253. The van der Waals surface area contributed by atoms with Crippen LogP contribution in [0.5, 0.6) is 5.75 Å². The lowest BCUT2D eigenvalue weighted by Crippen LogP contribution is -2.50.